The van der Waals surface area contributed by atoms with Crippen LogP contribution >= 0.6 is 35.1 Å². The van der Waals surface area contributed by atoms with E-state index in [9.17, 15) is 40.8 Å². The predicted octanol–water partition coefficient (Wildman–Crippen LogP) is 5.83. The predicted molar refractivity (Wildman–Crippen MR) is 209 cm³/mol. The van der Waals surface area contributed by atoms with Crippen molar-refractivity contribution in [2.75, 3.05) is 49.3 Å². The first kappa shape index (κ1) is 44.7. The molecule has 19 heteroatoms. The van der Waals surface area contributed by atoms with Gasteiger partial charge >= 0.3 is 11.5 Å². The highest BCUT2D eigenvalue weighted by molar-refractivity contribution is 7.99. The van der Waals surface area contributed by atoms with Crippen LogP contribution in [-0.2, 0) is 9.47 Å². The summed E-state index contributed by atoms with van der Waals surface area (Å²) in [6.07, 6.45) is -0.518. The number of nitrogens with zero attached hydrogens (tertiary/aromatic N) is 6. The van der Waals surface area contributed by atoms with Gasteiger partial charge in [0.25, 0.3) is 0 Å². The van der Waals surface area contributed by atoms with Crippen molar-refractivity contribution >= 4 is 58.3 Å². The van der Waals surface area contributed by atoms with E-state index in [2.05, 4.69) is 32.2 Å². The van der Waals surface area contributed by atoms with Crippen molar-refractivity contribution in [2.24, 2.45) is 5.73 Å². The van der Waals surface area contributed by atoms with Crippen LogP contribution in [0.15, 0.2) is 58.6 Å². The van der Waals surface area contributed by atoms with Crippen LogP contribution in [-0.4, -0.2) is 69.5 Å². The molecule has 0 radical (unpaired) electrons. The Labute approximate surface area is 330 Å². The molecule has 0 aliphatic heterocycles. The number of ether oxygens (including phenoxy) is 2. The zero-order valence-electron chi connectivity index (χ0n) is 29.5. The van der Waals surface area contributed by atoms with Gasteiger partial charge in [0.05, 0.1) is 24.3 Å². The molecule has 0 aliphatic carbocycles. The van der Waals surface area contributed by atoms with Crippen molar-refractivity contribution in [3.05, 3.63) is 70.8 Å². The molecule has 1 amide bonds. The zero-order chi connectivity index (χ0) is 40.9. The molecule has 16 nitrogen and oxygen atoms in total. The summed E-state index contributed by atoms with van der Waals surface area (Å²) < 4.78 is 8.94. The Balaban J connectivity index is 0.000000336. The molecule has 55 heavy (non-hydrogen) atoms. The normalized spacial score (nSPS) is 9.67. The van der Waals surface area contributed by atoms with Gasteiger partial charge in [-0.2, -0.15) is 21.0 Å². The molecule has 0 saturated heterocycles. The third kappa shape index (κ3) is 13.2. The molecular weight excluding hydrogens is 768 g/mol. The van der Waals surface area contributed by atoms with Gasteiger partial charge in [-0.25, -0.2) is 19.6 Å². The smallest absolute Gasteiger partial charge is 0.407 e. The summed E-state index contributed by atoms with van der Waals surface area (Å²) in [4.78, 5) is 29.2. The minimum Gasteiger partial charge on any atom is -0.508 e. The number of hydrogen-bond donors (Lipinski definition) is 6. The Morgan fingerprint density at radius 2 is 1.13 bits per heavy atom. The highest BCUT2D eigenvalue weighted by Crippen LogP contribution is 2.37. The van der Waals surface area contributed by atoms with Gasteiger partial charge < -0.3 is 42.2 Å². The molecule has 2 aromatic heterocycles. The Kier molecular flexibility index (Phi) is 19.0. The zero-order valence-corrected chi connectivity index (χ0v) is 31.9. The maximum Gasteiger partial charge on any atom is 0.407 e. The molecular formula is C36H35ClN10O6S2. The average Bonchev–Trinajstić information content (AvgIpc) is 3.16. The standard InChI is InChI=1S/C18H17N5O3S.C15H13N5OS.C3H5ClO2/c1-2-26-18(25)22-7-8-27-17-14(10-20)15(13(9-19)16(21)23-17)11-3-5-12(24)6-4-11;16-5-6-22-15-12(8-18)13(11(7-17)14(19)20-15)9-1-3-10(21)4-2-9;1-2-6-3(4)5/h3-6,24H,2,7-8H2,1H3,(H2,21,23)(H,22,25);1-4,21H,5-6,16H2,(H2,19,20);2H2,1H3. The van der Waals surface area contributed by atoms with E-state index in [0.29, 0.717) is 63.5 Å². The second-order valence-corrected chi connectivity index (χ2v) is 12.7. The summed E-state index contributed by atoms with van der Waals surface area (Å²) in [5.74, 6) is 1.27. The number of aromatic nitrogens is 2. The molecule has 4 aromatic rings. The molecule has 0 bridgehead atoms. The largest absolute Gasteiger partial charge is 0.508 e. The molecule has 0 unspecified atom stereocenters. The van der Waals surface area contributed by atoms with Crippen LogP contribution in [0.5, 0.6) is 11.5 Å². The fraction of sp³-hybridized carbons (Fsp3) is 0.222. The number of benzene rings is 2. The topological polar surface area (TPSA) is 304 Å². The number of phenols is 2. The first-order chi connectivity index (χ1) is 26.4. The van der Waals surface area contributed by atoms with Gasteiger partial charge in [0.15, 0.2) is 0 Å². The minimum atomic E-state index is -0.738. The maximum absolute atomic E-state index is 11.3. The number of rotatable bonds is 11. The first-order valence-electron chi connectivity index (χ1n) is 16.0. The molecule has 284 valence electrons. The summed E-state index contributed by atoms with van der Waals surface area (Å²) in [7, 11) is 0. The Morgan fingerprint density at radius 3 is 1.45 bits per heavy atom. The number of hydrogen-bond acceptors (Lipinski definition) is 17. The number of pyridine rings is 2. The van der Waals surface area contributed by atoms with Gasteiger partial charge in [0.2, 0.25) is 0 Å². The van der Waals surface area contributed by atoms with Crippen molar-refractivity contribution in [1.29, 1.82) is 21.0 Å². The highest BCUT2D eigenvalue weighted by Gasteiger charge is 2.22. The van der Waals surface area contributed by atoms with E-state index in [-0.39, 0.29) is 52.0 Å². The second kappa shape index (κ2) is 23.3. The lowest BCUT2D eigenvalue weighted by molar-refractivity contribution is 0.153. The summed E-state index contributed by atoms with van der Waals surface area (Å²) in [5.41, 5.74) is 19.3. The van der Waals surface area contributed by atoms with Crippen molar-refractivity contribution < 1.29 is 29.3 Å². The SMILES string of the molecule is CCOC(=O)Cl.CCOC(=O)NCCSc1nc(N)c(C#N)c(-c2ccc(O)cc2)c1C#N.N#Cc1c(N)nc(SCCN)c(C#N)c1-c1ccc(O)cc1. The molecule has 2 heterocycles. The average molecular weight is 803 g/mol. The number of aromatic hydroxyl groups is 2. The number of phenolic OH excluding ortho intramolecular Hbond substituents is 2. The first-order valence-corrected chi connectivity index (χ1v) is 18.3. The molecule has 9 N–H and O–H groups in total. The number of carbonyl (C=O) groups is 2. The number of nitrogen functional groups attached to an aromatic ring is 2. The Hall–Kier alpha value is -6.41. The number of thioether (sulfide) groups is 2. The fourth-order valence-electron chi connectivity index (χ4n) is 4.39. The molecule has 2 aromatic carbocycles. The van der Waals surface area contributed by atoms with Crippen LogP contribution in [0.3, 0.4) is 0 Å². The van der Waals surface area contributed by atoms with E-state index >= 15 is 0 Å². The molecule has 0 saturated carbocycles. The summed E-state index contributed by atoms with van der Waals surface area (Å²) in [6, 6.07) is 20.5. The van der Waals surface area contributed by atoms with E-state index in [4.69, 9.17) is 33.5 Å². The van der Waals surface area contributed by atoms with Gasteiger partial charge in [-0.15, -0.1) is 23.5 Å². The molecule has 0 fully saturated rings. The van der Waals surface area contributed by atoms with Crippen LogP contribution < -0.4 is 22.5 Å². The summed E-state index contributed by atoms with van der Waals surface area (Å²) in [6.45, 7) is 4.78. The molecule has 4 rings (SSSR count). The summed E-state index contributed by atoms with van der Waals surface area (Å²) >= 11 is 7.27. The molecule has 0 atom stereocenters. The monoisotopic (exact) mass is 802 g/mol. The van der Waals surface area contributed by atoms with Gasteiger partial charge in [-0.3, -0.25) is 0 Å². The highest BCUT2D eigenvalue weighted by atomic mass is 35.5. The van der Waals surface area contributed by atoms with Crippen molar-refractivity contribution in [2.45, 2.75) is 23.9 Å². The lowest BCUT2D eigenvalue weighted by Crippen LogP contribution is -2.26. The maximum atomic E-state index is 11.3. The van der Waals surface area contributed by atoms with E-state index in [0.717, 1.165) is 0 Å². The Bertz CT molecular complexity index is 2130. The number of alkyl carbamates (subject to hydrolysis) is 1. The number of nitriles is 4. The van der Waals surface area contributed by atoms with Gasteiger partial charge in [0.1, 0.15) is 68.6 Å². The van der Waals surface area contributed by atoms with Crippen molar-refractivity contribution in [3.63, 3.8) is 0 Å². The van der Waals surface area contributed by atoms with Crippen LogP contribution in [0.25, 0.3) is 22.3 Å². The van der Waals surface area contributed by atoms with Crippen LogP contribution in [0.4, 0.5) is 21.2 Å². The van der Waals surface area contributed by atoms with E-state index in [1.54, 1.807) is 38.1 Å². The van der Waals surface area contributed by atoms with Gasteiger partial charge in [-0.1, -0.05) is 24.3 Å². The van der Waals surface area contributed by atoms with Gasteiger partial charge in [0, 0.05) is 47.3 Å². The molecule has 0 aliphatic rings. The number of anilines is 2. The van der Waals surface area contributed by atoms with E-state index in [1.165, 1.54) is 47.8 Å². The van der Waals surface area contributed by atoms with Crippen LogP contribution in [0, 0.1) is 45.3 Å². The lowest BCUT2D eigenvalue weighted by Gasteiger charge is -2.13. The van der Waals surface area contributed by atoms with E-state index < -0.39 is 11.5 Å². The van der Waals surface area contributed by atoms with Gasteiger partial charge in [-0.05, 0) is 49.2 Å². The van der Waals surface area contributed by atoms with E-state index in [1.807, 2.05) is 12.1 Å². The number of halogens is 1. The fourth-order valence-corrected chi connectivity index (χ4v) is 6.12. The van der Waals surface area contributed by atoms with Crippen LogP contribution in [0.1, 0.15) is 36.1 Å². The lowest BCUT2D eigenvalue weighted by atomic mass is 9.97. The number of carbonyl (C=O) groups excluding carboxylic acids is 2. The van der Waals surface area contributed by atoms with Crippen molar-refractivity contribution in [1.82, 2.24) is 15.3 Å². The number of nitrogens with one attached hydrogen (secondary N) is 1. The van der Waals surface area contributed by atoms with Crippen molar-refractivity contribution in [3.8, 4) is 58.0 Å². The number of amides is 1. The summed E-state index contributed by atoms with van der Waals surface area (Å²) in [5, 5.41) is 60.2. The number of nitrogens with two attached hydrogens (primary N) is 3. The third-order valence-electron chi connectivity index (χ3n) is 6.64. The third-order valence-corrected chi connectivity index (χ3v) is 8.74. The second-order valence-electron chi connectivity index (χ2n) is 10.2. The van der Waals surface area contributed by atoms with Crippen LogP contribution in [0.2, 0.25) is 0 Å². The Morgan fingerprint density at radius 1 is 0.727 bits per heavy atom. The quantitative estimate of drug-likeness (QED) is 0.0590. The minimum absolute atomic E-state index is 0.0143. The molecule has 0 spiro atoms.